The first-order valence-corrected chi connectivity index (χ1v) is 10.5. The number of thioether (sulfide) groups is 1. The van der Waals surface area contributed by atoms with Gasteiger partial charge in [-0.25, -0.2) is 0 Å². The third-order valence-corrected chi connectivity index (χ3v) is 5.23. The maximum atomic E-state index is 12.7. The highest BCUT2D eigenvalue weighted by atomic mass is 32.2. The van der Waals surface area contributed by atoms with Crippen LogP contribution in [-0.4, -0.2) is 41.7 Å². The van der Waals surface area contributed by atoms with Crippen molar-refractivity contribution in [3.8, 4) is 11.5 Å². The Morgan fingerprint density at radius 2 is 1.94 bits per heavy atom. The summed E-state index contributed by atoms with van der Waals surface area (Å²) in [6, 6.07) is 12.6. The zero-order valence-corrected chi connectivity index (χ0v) is 18.6. The predicted molar refractivity (Wildman–Crippen MR) is 121 cm³/mol. The topological polar surface area (TPSA) is 84.9 Å². The van der Waals surface area contributed by atoms with Gasteiger partial charge in [0.1, 0.15) is 6.54 Å². The molecule has 7 nitrogen and oxygen atoms in total. The van der Waals surface area contributed by atoms with E-state index in [2.05, 4.69) is 5.32 Å². The molecule has 0 bridgehead atoms. The first-order valence-electron chi connectivity index (χ1n) is 9.73. The number of anilines is 1. The maximum absolute atomic E-state index is 12.7. The molecule has 0 aliphatic carbocycles. The lowest BCUT2D eigenvalue weighted by molar-refractivity contribution is -0.127. The Kier molecular flexibility index (Phi) is 7.02. The fraction of sp³-hybridized carbons (Fsp3) is 0.261. The molecule has 0 radical (unpaired) electrons. The normalized spacial score (nSPS) is 15.0. The van der Waals surface area contributed by atoms with Gasteiger partial charge in [0.15, 0.2) is 11.5 Å². The van der Waals surface area contributed by atoms with Crippen LogP contribution in [0.1, 0.15) is 25.0 Å². The molecule has 1 aliphatic rings. The summed E-state index contributed by atoms with van der Waals surface area (Å²) in [4.78, 5) is 38.5. The summed E-state index contributed by atoms with van der Waals surface area (Å²) >= 11 is 0.802. The number of aryl methyl sites for hydroxylation is 1. The molecule has 1 fully saturated rings. The third-order valence-electron chi connectivity index (χ3n) is 4.33. The van der Waals surface area contributed by atoms with Crippen molar-refractivity contribution in [2.24, 2.45) is 0 Å². The molecule has 0 aromatic heterocycles. The Balaban J connectivity index is 1.72. The minimum Gasteiger partial charge on any atom is -0.493 e. The molecule has 162 valence electrons. The summed E-state index contributed by atoms with van der Waals surface area (Å²) in [5.74, 6) is 0.177. The Morgan fingerprint density at radius 1 is 1.16 bits per heavy atom. The number of ether oxygens (including phenoxy) is 2. The lowest BCUT2D eigenvalue weighted by Gasteiger charge is -2.14. The van der Waals surface area contributed by atoms with Gasteiger partial charge in [-0.2, -0.15) is 0 Å². The van der Waals surface area contributed by atoms with Gasteiger partial charge in [0.2, 0.25) is 5.91 Å². The van der Waals surface area contributed by atoms with Gasteiger partial charge in [0.25, 0.3) is 11.1 Å². The molecule has 8 heteroatoms. The minimum absolute atomic E-state index is 0.0119. The average molecular weight is 441 g/mol. The van der Waals surface area contributed by atoms with Gasteiger partial charge in [-0.3, -0.25) is 19.3 Å². The molecule has 3 amide bonds. The van der Waals surface area contributed by atoms with E-state index in [0.717, 1.165) is 22.2 Å². The molecule has 2 aromatic rings. The summed E-state index contributed by atoms with van der Waals surface area (Å²) < 4.78 is 11.1. The zero-order chi connectivity index (χ0) is 22.5. The number of benzene rings is 2. The summed E-state index contributed by atoms with van der Waals surface area (Å²) in [5, 5.41) is 2.22. The summed E-state index contributed by atoms with van der Waals surface area (Å²) in [5.41, 5.74) is 2.29. The molecule has 0 spiro atoms. The van der Waals surface area contributed by atoms with Crippen molar-refractivity contribution < 1.29 is 23.9 Å². The second-order valence-corrected chi connectivity index (χ2v) is 8.26. The van der Waals surface area contributed by atoms with Crippen molar-refractivity contribution in [3.63, 3.8) is 0 Å². The van der Waals surface area contributed by atoms with E-state index in [4.69, 9.17) is 9.47 Å². The van der Waals surface area contributed by atoms with Crippen LogP contribution in [0.4, 0.5) is 10.5 Å². The molecule has 1 saturated heterocycles. The van der Waals surface area contributed by atoms with Crippen LogP contribution < -0.4 is 14.8 Å². The van der Waals surface area contributed by atoms with Gasteiger partial charge in [-0.05, 0) is 74.0 Å². The number of rotatable bonds is 7. The van der Waals surface area contributed by atoms with Gasteiger partial charge in [0.05, 0.1) is 18.1 Å². The number of carbonyl (C=O) groups is 3. The minimum atomic E-state index is -0.504. The monoisotopic (exact) mass is 440 g/mol. The zero-order valence-electron chi connectivity index (χ0n) is 17.8. The van der Waals surface area contributed by atoms with Gasteiger partial charge >= 0.3 is 0 Å². The molecule has 3 rings (SSSR count). The molecule has 1 heterocycles. The van der Waals surface area contributed by atoms with E-state index in [1.165, 1.54) is 7.11 Å². The Bertz CT molecular complexity index is 1050. The van der Waals surface area contributed by atoms with Crippen LogP contribution in [0.3, 0.4) is 0 Å². The van der Waals surface area contributed by atoms with Crippen LogP contribution in [0.15, 0.2) is 47.4 Å². The van der Waals surface area contributed by atoms with E-state index in [0.29, 0.717) is 22.7 Å². The van der Waals surface area contributed by atoms with Crippen molar-refractivity contribution in [1.82, 2.24) is 4.90 Å². The van der Waals surface area contributed by atoms with Gasteiger partial charge in [-0.15, -0.1) is 0 Å². The number of imide groups is 1. The maximum Gasteiger partial charge on any atom is 0.294 e. The number of hydrogen-bond donors (Lipinski definition) is 1. The molecule has 1 N–H and O–H groups in total. The standard InChI is InChI=1S/C23H24N2O5S/c1-14(2)30-18-9-8-16(11-19(18)29-4)12-20-22(27)25(23(28)31-20)13-21(26)24-17-7-5-6-15(3)10-17/h5-12,14H,13H2,1-4H3,(H,24,26). The number of carbonyl (C=O) groups excluding carboxylic acids is 3. The number of nitrogens with one attached hydrogen (secondary N) is 1. The van der Waals surface area contributed by atoms with Crippen molar-refractivity contribution in [2.75, 3.05) is 19.0 Å². The highest BCUT2D eigenvalue weighted by molar-refractivity contribution is 8.18. The largest absolute Gasteiger partial charge is 0.493 e. The lowest BCUT2D eigenvalue weighted by Crippen LogP contribution is -2.36. The molecule has 0 unspecified atom stereocenters. The molecule has 2 aromatic carbocycles. The molecular weight excluding hydrogens is 416 g/mol. The number of nitrogens with zero attached hydrogens (tertiary/aromatic N) is 1. The fourth-order valence-corrected chi connectivity index (χ4v) is 3.82. The molecular formula is C23H24N2O5S. The van der Waals surface area contributed by atoms with E-state index in [-0.39, 0.29) is 17.6 Å². The van der Waals surface area contributed by atoms with E-state index in [9.17, 15) is 14.4 Å². The number of hydrogen-bond acceptors (Lipinski definition) is 6. The van der Waals surface area contributed by atoms with Crippen molar-refractivity contribution in [2.45, 2.75) is 26.9 Å². The number of methoxy groups -OCH3 is 1. The molecule has 1 aliphatic heterocycles. The summed E-state index contributed by atoms with van der Waals surface area (Å²) in [6.07, 6.45) is 1.59. The summed E-state index contributed by atoms with van der Waals surface area (Å²) in [7, 11) is 1.53. The van der Waals surface area contributed by atoms with Crippen LogP contribution in [0.5, 0.6) is 11.5 Å². The van der Waals surface area contributed by atoms with E-state index in [1.807, 2.05) is 39.0 Å². The third kappa shape index (κ3) is 5.67. The van der Waals surface area contributed by atoms with Crippen LogP contribution >= 0.6 is 11.8 Å². The van der Waals surface area contributed by atoms with Crippen molar-refractivity contribution in [3.05, 3.63) is 58.5 Å². The second-order valence-electron chi connectivity index (χ2n) is 7.26. The van der Waals surface area contributed by atoms with Gasteiger partial charge < -0.3 is 14.8 Å². The smallest absolute Gasteiger partial charge is 0.294 e. The number of amides is 3. The second kappa shape index (κ2) is 9.70. The van der Waals surface area contributed by atoms with Crippen molar-refractivity contribution in [1.29, 1.82) is 0 Å². The highest BCUT2D eigenvalue weighted by Gasteiger charge is 2.36. The quantitative estimate of drug-likeness (QED) is 0.640. The van der Waals surface area contributed by atoms with Crippen molar-refractivity contribution >= 4 is 40.6 Å². The molecule has 0 atom stereocenters. The van der Waals surface area contributed by atoms with Crippen LogP contribution in [0.2, 0.25) is 0 Å². The fourth-order valence-electron chi connectivity index (χ4n) is 2.98. The van der Waals surface area contributed by atoms with E-state index in [1.54, 1.807) is 30.3 Å². The highest BCUT2D eigenvalue weighted by Crippen LogP contribution is 2.34. The average Bonchev–Trinajstić information content (AvgIpc) is 2.96. The Morgan fingerprint density at radius 3 is 2.61 bits per heavy atom. The lowest BCUT2D eigenvalue weighted by atomic mass is 10.2. The molecule has 0 saturated carbocycles. The van der Waals surface area contributed by atoms with Crippen LogP contribution in [-0.2, 0) is 9.59 Å². The van der Waals surface area contributed by atoms with Gasteiger partial charge in [-0.1, -0.05) is 18.2 Å². The first kappa shape index (κ1) is 22.4. The Labute approximate surface area is 185 Å². The predicted octanol–water partition coefficient (Wildman–Crippen LogP) is 4.47. The SMILES string of the molecule is COc1cc(C=C2SC(=O)N(CC(=O)Nc3cccc(C)c3)C2=O)ccc1OC(C)C. The summed E-state index contributed by atoms with van der Waals surface area (Å²) in [6.45, 7) is 5.39. The molecule has 31 heavy (non-hydrogen) atoms. The Hall–Kier alpha value is -3.26. The van der Waals surface area contributed by atoms with Crippen LogP contribution in [0.25, 0.3) is 6.08 Å². The van der Waals surface area contributed by atoms with Crippen LogP contribution in [0, 0.1) is 6.92 Å². The van der Waals surface area contributed by atoms with Gasteiger partial charge in [0, 0.05) is 5.69 Å². The van der Waals surface area contributed by atoms with E-state index >= 15 is 0 Å². The van der Waals surface area contributed by atoms with E-state index < -0.39 is 17.1 Å². The first-order chi connectivity index (χ1) is 14.8.